The van der Waals surface area contributed by atoms with Gasteiger partial charge in [-0.05, 0) is 61.2 Å². The molecule has 0 atom stereocenters. The van der Waals surface area contributed by atoms with Gasteiger partial charge < -0.3 is 15.1 Å². The van der Waals surface area contributed by atoms with Gasteiger partial charge in [-0.2, -0.15) is 0 Å². The van der Waals surface area contributed by atoms with Gasteiger partial charge in [-0.1, -0.05) is 12.1 Å². The second-order valence-electron chi connectivity index (χ2n) is 7.15. The molecule has 1 N–H and O–H groups in total. The first kappa shape index (κ1) is 19.9. The first-order chi connectivity index (χ1) is 13.5. The van der Waals surface area contributed by atoms with E-state index in [1.165, 1.54) is 49.2 Å². The minimum Gasteiger partial charge on any atom is -0.372 e. The number of amides is 2. The summed E-state index contributed by atoms with van der Waals surface area (Å²) in [5.74, 6) is -0.984. The third-order valence-corrected chi connectivity index (χ3v) is 5.01. The zero-order valence-corrected chi connectivity index (χ0v) is 16.2. The number of nitrogens with zero attached hydrogens (tertiary/aromatic N) is 2. The third kappa shape index (κ3) is 5.31. The van der Waals surface area contributed by atoms with Gasteiger partial charge >= 0.3 is 0 Å². The average Bonchev–Trinajstić information content (AvgIpc) is 2.73. The monoisotopic (exact) mass is 383 g/mol. The molecule has 1 fully saturated rings. The van der Waals surface area contributed by atoms with Crippen LogP contribution < -0.4 is 10.2 Å². The van der Waals surface area contributed by atoms with Crippen molar-refractivity contribution in [2.45, 2.75) is 25.8 Å². The van der Waals surface area contributed by atoms with E-state index in [1.807, 2.05) is 12.1 Å². The lowest BCUT2D eigenvalue weighted by Gasteiger charge is -2.29. The molecule has 3 rings (SSSR count). The van der Waals surface area contributed by atoms with Gasteiger partial charge in [0.25, 0.3) is 5.91 Å². The summed E-state index contributed by atoms with van der Waals surface area (Å²) < 4.78 is 12.9. The Bertz CT molecular complexity index is 800. The van der Waals surface area contributed by atoms with E-state index in [1.54, 1.807) is 11.9 Å². The van der Waals surface area contributed by atoms with Crippen molar-refractivity contribution in [2.24, 2.45) is 0 Å². The van der Waals surface area contributed by atoms with Crippen molar-refractivity contribution in [3.05, 3.63) is 65.5 Å². The molecule has 0 aliphatic carbocycles. The molecule has 0 bridgehead atoms. The second kappa shape index (κ2) is 9.35. The molecular formula is C22H26FN3O2. The van der Waals surface area contributed by atoms with E-state index in [2.05, 4.69) is 22.3 Å². The number of rotatable bonds is 6. The molecule has 2 amide bonds. The number of nitrogens with one attached hydrogen (secondary N) is 1. The lowest BCUT2D eigenvalue weighted by molar-refractivity contribution is -0.129. The number of halogens is 1. The molecule has 0 radical (unpaired) electrons. The van der Waals surface area contributed by atoms with E-state index in [4.69, 9.17) is 0 Å². The molecule has 1 aliphatic heterocycles. The summed E-state index contributed by atoms with van der Waals surface area (Å²) in [5, 5.41) is 2.58. The average molecular weight is 383 g/mol. The van der Waals surface area contributed by atoms with Crippen molar-refractivity contribution < 1.29 is 14.0 Å². The Labute approximate surface area is 165 Å². The highest BCUT2D eigenvalue weighted by Gasteiger charge is 2.14. The molecule has 5 nitrogen and oxygen atoms in total. The van der Waals surface area contributed by atoms with Crippen molar-refractivity contribution in [2.75, 3.05) is 31.6 Å². The van der Waals surface area contributed by atoms with Gasteiger partial charge in [-0.3, -0.25) is 9.59 Å². The summed E-state index contributed by atoms with van der Waals surface area (Å²) in [5.41, 5.74) is 2.59. The van der Waals surface area contributed by atoms with E-state index in [9.17, 15) is 14.0 Å². The maximum Gasteiger partial charge on any atom is 0.251 e. The van der Waals surface area contributed by atoms with Crippen LogP contribution in [-0.2, 0) is 11.3 Å². The van der Waals surface area contributed by atoms with Crippen LogP contribution in [0.1, 0.15) is 35.2 Å². The van der Waals surface area contributed by atoms with E-state index in [0.29, 0.717) is 12.1 Å². The number of carbonyl (C=O) groups excluding carboxylic acids is 2. The molecule has 6 heteroatoms. The Morgan fingerprint density at radius 2 is 1.64 bits per heavy atom. The standard InChI is InChI=1S/C22H26FN3O2/c1-25(21(27)15-24-22(28)18-7-9-19(23)10-8-18)16-17-5-11-20(12-6-17)26-13-3-2-4-14-26/h5-12H,2-4,13-16H2,1H3,(H,24,28). The van der Waals surface area contributed by atoms with Gasteiger partial charge in [0.05, 0.1) is 6.54 Å². The molecular weight excluding hydrogens is 357 g/mol. The predicted molar refractivity (Wildman–Crippen MR) is 108 cm³/mol. The third-order valence-electron chi connectivity index (χ3n) is 5.01. The van der Waals surface area contributed by atoms with Crippen molar-refractivity contribution in [3.63, 3.8) is 0 Å². The minimum absolute atomic E-state index is 0.0986. The van der Waals surface area contributed by atoms with Crippen LogP contribution in [0.15, 0.2) is 48.5 Å². The lowest BCUT2D eigenvalue weighted by Crippen LogP contribution is -2.37. The SMILES string of the molecule is CN(Cc1ccc(N2CCCCC2)cc1)C(=O)CNC(=O)c1ccc(F)cc1. The van der Waals surface area contributed by atoms with Crippen LogP contribution in [0.4, 0.5) is 10.1 Å². The largest absolute Gasteiger partial charge is 0.372 e. The number of piperidine rings is 1. The Morgan fingerprint density at radius 3 is 2.29 bits per heavy atom. The fourth-order valence-electron chi connectivity index (χ4n) is 3.32. The molecule has 2 aromatic carbocycles. The smallest absolute Gasteiger partial charge is 0.251 e. The quantitative estimate of drug-likeness (QED) is 0.833. The van der Waals surface area contributed by atoms with Crippen LogP contribution in [0.5, 0.6) is 0 Å². The number of anilines is 1. The molecule has 0 saturated carbocycles. The first-order valence-corrected chi connectivity index (χ1v) is 9.64. The summed E-state index contributed by atoms with van der Waals surface area (Å²) in [7, 11) is 1.71. The maximum absolute atomic E-state index is 12.9. The van der Waals surface area contributed by atoms with Gasteiger partial charge in [-0.15, -0.1) is 0 Å². The highest BCUT2D eigenvalue weighted by molar-refractivity contribution is 5.96. The van der Waals surface area contributed by atoms with E-state index in [0.717, 1.165) is 18.7 Å². The first-order valence-electron chi connectivity index (χ1n) is 9.64. The molecule has 1 saturated heterocycles. The second-order valence-corrected chi connectivity index (χ2v) is 7.15. The summed E-state index contributed by atoms with van der Waals surface area (Å²) >= 11 is 0. The van der Waals surface area contributed by atoms with Gasteiger partial charge in [0.15, 0.2) is 0 Å². The van der Waals surface area contributed by atoms with Crippen LogP contribution in [0.25, 0.3) is 0 Å². The minimum atomic E-state index is -0.404. The van der Waals surface area contributed by atoms with Gasteiger partial charge in [0, 0.05) is 37.9 Å². The van der Waals surface area contributed by atoms with Crippen molar-refractivity contribution in [1.29, 1.82) is 0 Å². The number of benzene rings is 2. The molecule has 148 valence electrons. The van der Waals surface area contributed by atoms with Crippen molar-refractivity contribution in [1.82, 2.24) is 10.2 Å². The Kier molecular flexibility index (Phi) is 6.63. The van der Waals surface area contributed by atoms with Crippen LogP contribution >= 0.6 is 0 Å². The zero-order valence-electron chi connectivity index (χ0n) is 16.2. The van der Waals surface area contributed by atoms with Crippen LogP contribution in [0.2, 0.25) is 0 Å². The Balaban J connectivity index is 1.48. The van der Waals surface area contributed by atoms with Gasteiger partial charge in [-0.25, -0.2) is 4.39 Å². The fourth-order valence-corrected chi connectivity index (χ4v) is 3.32. The summed E-state index contributed by atoms with van der Waals surface area (Å²) in [6.07, 6.45) is 3.78. The van der Waals surface area contributed by atoms with Gasteiger partial charge in [0.1, 0.15) is 5.82 Å². The van der Waals surface area contributed by atoms with Crippen LogP contribution in [0.3, 0.4) is 0 Å². The van der Waals surface area contributed by atoms with E-state index >= 15 is 0 Å². The van der Waals surface area contributed by atoms with Crippen molar-refractivity contribution >= 4 is 17.5 Å². The van der Waals surface area contributed by atoms with E-state index < -0.39 is 11.7 Å². The van der Waals surface area contributed by atoms with Crippen LogP contribution in [0, 0.1) is 5.82 Å². The molecule has 1 heterocycles. The number of carbonyl (C=O) groups is 2. The molecule has 0 spiro atoms. The van der Waals surface area contributed by atoms with Crippen LogP contribution in [-0.4, -0.2) is 43.4 Å². The normalized spacial score (nSPS) is 13.9. The molecule has 0 aromatic heterocycles. The Morgan fingerprint density at radius 1 is 1.00 bits per heavy atom. The molecule has 28 heavy (non-hydrogen) atoms. The zero-order chi connectivity index (χ0) is 19.9. The van der Waals surface area contributed by atoms with E-state index in [-0.39, 0.29) is 12.5 Å². The summed E-state index contributed by atoms with van der Waals surface area (Å²) in [4.78, 5) is 28.3. The molecule has 1 aliphatic rings. The fraction of sp³-hybridized carbons (Fsp3) is 0.364. The highest BCUT2D eigenvalue weighted by atomic mass is 19.1. The summed E-state index contributed by atoms with van der Waals surface area (Å²) in [6.45, 7) is 2.58. The highest BCUT2D eigenvalue weighted by Crippen LogP contribution is 2.20. The maximum atomic E-state index is 12.9. The number of likely N-dealkylation sites (N-methyl/N-ethyl adjacent to an activating group) is 1. The topological polar surface area (TPSA) is 52.6 Å². The molecule has 0 unspecified atom stereocenters. The number of hydrogen-bond acceptors (Lipinski definition) is 3. The predicted octanol–water partition coefficient (Wildman–Crippen LogP) is 3.20. The molecule has 2 aromatic rings. The van der Waals surface area contributed by atoms with Crippen molar-refractivity contribution in [3.8, 4) is 0 Å². The summed E-state index contributed by atoms with van der Waals surface area (Å²) in [6, 6.07) is 13.5. The Hall–Kier alpha value is -2.89. The number of hydrogen-bond donors (Lipinski definition) is 1. The van der Waals surface area contributed by atoms with Gasteiger partial charge in [0.2, 0.25) is 5.91 Å². The lowest BCUT2D eigenvalue weighted by atomic mass is 10.1.